The molecule has 41 heavy (non-hydrogen) atoms. The number of likely N-dealkylation sites (tertiary alicyclic amines) is 1. The molecule has 7 atom stereocenters. The molecule has 1 aromatic carbocycles. The van der Waals surface area contributed by atoms with E-state index in [9.17, 15) is 19.6 Å². The van der Waals surface area contributed by atoms with Gasteiger partial charge in [0.15, 0.2) is 0 Å². The summed E-state index contributed by atoms with van der Waals surface area (Å²) >= 11 is 0. The molecule has 7 N–H and O–H groups in total. The molecule has 216 valence electrons. The predicted octanol–water partition coefficient (Wildman–Crippen LogP) is 1.43. The van der Waals surface area contributed by atoms with Crippen LogP contribution in [0.2, 0.25) is 0 Å². The van der Waals surface area contributed by atoms with Gasteiger partial charge in [0, 0.05) is 17.3 Å². The van der Waals surface area contributed by atoms with Crippen molar-refractivity contribution in [2.24, 2.45) is 35.1 Å². The Hall–Kier alpha value is -3.91. The third-order valence-corrected chi connectivity index (χ3v) is 10.2. The van der Waals surface area contributed by atoms with Crippen LogP contribution < -0.4 is 22.5 Å². The Balaban J connectivity index is 1.34. The van der Waals surface area contributed by atoms with Crippen LogP contribution in [0, 0.1) is 35.0 Å². The minimum absolute atomic E-state index is 0.0454. The van der Waals surface area contributed by atoms with Gasteiger partial charge in [-0.25, -0.2) is 9.89 Å². The standard InChI is InChI=1S/C30H38N8O3/c1-16(32)17-4-6-23-18(10-17)2-3-19-11-20(27(33)40)5-7-24(19)30(23,28-35-29(41)37-36-28)8-9-34-15-26(39)38-22(14-31)12-21-13-25(21)38/h5,7,11,17-18,21-23,25,34H,1-4,6,8-10,12-13,15,32H2,(H2,33,40)(H2,35,36,37,41)/t17-,18?,21+,22?,23?,25-,30?/m0/s1. The summed E-state index contributed by atoms with van der Waals surface area (Å²) in [5.41, 5.74) is 14.0. The minimum Gasteiger partial charge on any atom is -0.402 e. The van der Waals surface area contributed by atoms with Gasteiger partial charge in [-0.05, 0) is 105 Å². The summed E-state index contributed by atoms with van der Waals surface area (Å²) in [6, 6.07) is 7.76. The number of hydrogen-bond acceptors (Lipinski definition) is 7. The number of amides is 2. The first-order valence-corrected chi connectivity index (χ1v) is 14.7. The van der Waals surface area contributed by atoms with Crippen molar-refractivity contribution in [2.75, 3.05) is 13.1 Å². The van der Waals surface area contributed by atoms with Crippen LogP contribution in [0.4, 0.5) is 0 Å². The summed E-state index contributed by atoms with van der Waals surface area (Å²) in [6.45, 7) is 4.67. The fourth-order valence-electron chi connectivity index (χ4n) is 8.22. The van der Waals surface area contributed by atoms with Crippen molar-refractivity contribution in [3.8, 4) is 6.07 Å². The van der Waals surface area contributed by atoms with E-state index in [-0.39, 0.29) is 48.0 Å². The number of primary amides is 1. The van der Waals surface area contributed by atoms with Gasteiger partial charge in [-0.3, -0.25) is 14.6 Å². The van der Waals surface area contributed by atoms with Crippen LogP contribution in [0.3, 0.4) is 0 Å². The molecule has 0 bridgehead atoms. The third kappa shape index (κ3) is 4.74. The van der Waals surface area contributed by atoms with Crippen LogP contribution in [0.1, 0.15) is 72.3 Å². The fourth-order valence-corrected chi connectivity index (χ4v) is 8.22. The van der Waals surface area contributed by atoms with Crippen molar-refractivity contribution in [3.63, 3.8) is 0 Å². The SMILES string of the molecule is C=C(N)[C@H]1CCC2C(CCc3cc(C(N)=O)ccc3C2(CCNCC(=O)N2C(C#N)C[C@@H]3C[C@@H]32)c2n[nH]c(=O)[nH]2)C1. The van der Waals surface area contributed by atoms with Crippen molar-refractivity contribution in [1.29, 1.82) is 5.26 Å². The monoisotopic (exact) mass is 558 g/mol. The van der Waals surface area contributed by atoms with Gasteiger partial charge in [-0.1, -0.05) is 12.6 Å². The van der Waals surface area contributed by atoms with Crippen LogP contribution in [0.5, 0.6) is 0 Å². The maximum Gasteiger partial charge on any atom is 0.340 e. The largest absolute Gasteiger partial charge is 0.402 e. The maximum atomic E-state index is 13.1. The number of H-pyrrole nitrogens is 2. The number of nitrogens with one attached hydrogen (secondary N) is 3. The molecular weight excluding hydrogens is 520 g/mol. The lowest BCUT2D eigenvalue weighted by Gasteiger charge is -2.47. The number of aromatic nitrogens is 3. The molecule has 3 aliphatic carbocycles. The second kappa shape index (κ2) is 10.5. The topological polar surface area (TPSA) is 187 Å². The second-order valence-electron chi connectivity index (χ2n) is 12.4. The lowest BCUT2D eigenvalue weighted by atomic mass is 9.57. The minimum atomic E-state index is -0.673. The number of rotatable bonds is 8. The van der Waals surface area contributed by atoms with Crippen LogP contribution in [-0.4, -0.2) is 57.1 Å². The van der Waals surface area contributed by atoms with E-state index in [0.717, 1.165) is 56.1 Å². The van der Waals surface area contributed by atoms with Crippen molar-refractivity contribution >= 4 is 11.8 Å². The molecule has 4 unspecified atom stereocenters. The molecule has 1 aliphatic heterocycles. The Labute approximate surface area is 238 Å². The number of benzene rings is 1. The Kier molecular flexibility index (Phi) is 6.98. The smallest absolute Gasteiger partial charge is 0.340 e. The lowest BCUT2D eigenvalue weighted by molar-refractivity contribution is -0.131. The molecule has 1 aromatic heterocycles. The van der Waals surface area contributed by atoms with E-state index < -0.39 is 11.3 Å². The summed E-state index contributed by atoms with van der Waals surface area (Å²) in [6.07, 6.45) is 6.65. The highest BCUT2D eigenvalue weighted by Gasteiger charge is 2.54. The zero-order valence-electron chi connectivity index (χ0n) is 23.2. The molecule has 2 amide bonds. The average Bonchev–Trinajstić information content (AvgIpc) is 3.45. The number of fused-ring (bicyclic) bond motifs is 3. The first-order chi connectivity index (χ1) is 19.7. The summed E-state index contributed by atoms with van der Waals surface area (Å²) in [4.78, 5) is 42.4. The van der Waals surface area contributed by atoms with Gasteiger partial charge in [0.25, 0.3) is 0 Å². The van der Waals surface area contributed by atoms with E-state index in [4.69, 9.17) is 11.5 Å². The van der Waals surface area contributed by atoms with Gasteiger partial charge in [0.05, 0.1) is 18.0 Å². The Bertz CT molecular complexity index is 1470. The van der Waals surface area contributed by atoms with Crippen molar-refractivity contribution in [3.05, 3.63) is 63.5 Å². The van der Waals surface area contributed by atoms with E-state index >= 15 is 0 Å². The van der Waals surface area contributed by atoms with Gasteiger partial charge >= 0.3 is 5.69 Å². The highest BCUT2D eigenvalue weighted by molar-refractivity contribution is 5.93. The molecule has 11 nitrogen and oxygen atoms in total. The number of carbonyl (C=O) groups is 2. The van der Waals surface area contributed by atoms with Gasteiger partial charge in [0.2, 0.25) is 11.8 Å². The molecule has 2 aromatic rings. The number of piperidine rings is 1. The zero-order valence-corrected chi connectivity index (χ0v) is 23.2. The van der Waals surface area contributed by atoms with Gasteiger partial charge < -0.3 is 21.7 Å². The molecule has 1 saturated heterocycles. The summed E-state index contributed by atoms with van der Waals surface area (Å²) < 4.78 is 0. The maximum absolute atomic E-state index is 13.1. The molecule has 6 rings (SSSR count). The fraction of sp³-hybridized carbons (Fsp3) is 0.567. The van der Waals surface area contributed by atoms with E-state index in [1.807, 2.05) is 12.1 Å². The second-order valence-corrected chi connectivity index (χ2v) is 12.4. The molecule has 2 saturated carbocycles. The number of nitrogens with zero attached hydrogens (tertiary/aromatic N) is 3. The van der Waals surface area contributed by atoms with Gasteiger partial charge in [-0.15, -0.1) is 0 Å². The first-order valence-electron chi connectivity index (χ1n) is 14.7. The lowest BCUT2D eigenvalue weighted by Crippen LogP contribution is -2.47. The normalized spacial score (nSPS) is 31.7. The highest BCUT2D eigenvalue weighted by Crippen LogP contribution is 2.55. The molecule has 4 aliphatic rings. The number of hydrogen-bond donors (Lipinski definition) is 5. The van der Waals surface area contributed by atoms with E-state index in [0.29, 0.717) is 36.0 Å². The van der Waals surface area contributed by atoms with Crippen molar-refractivity contribution < 1.29 is 9.59 Å². The molecule has 2 heterocycles. The zero-order chi connectivity index (χ0) is 28.9. The van der Waals surface area contributed by atoms with Crippen LogP contribution in [0.25, 0.3) is 0 Å². The van der Waals surface area contributed by atoms with Crippen molar-refractivity contribution in [2.45, 2.75) is 68.9 Å². The average molecular weight is 559 g/mol. The first kappa shape index (κ1) is 27.3. The molecule has 3 fully saturated rings. The Morgan fingerprint density at radius 1 is 1.20 bits per heavy atom. The Morgan fingerprint density at radius 2 is 2.02 bits per heavy atom. The summed E-state index contributed by atoms with van der Waals surface area (Å²) in [5, 5.41) is 20.0. The highest BCUT2D eigenvalue weighted by atomic mass is 16.2. The number of carbonyl (C=O) groups excluding carboxylic acids is 2. The van der Waals surface area contributed by atoms with Crippen LogP contribution in [-0.2, 0) is 16.6 Å². The van der Waals surface area contributed by atoms with Gasteiger partial charge in [-0.2, -0.15) is 10.4 Å². The number of allylic oxidation sites excluding steroid dienone is 1. The molecule has 0 spiro atoms. The van der Waals surface area contributed by atoms with E-state index in [2.05, 4.69) is 33.1 Å². The van der Waals surface area contributed by atoms with E-state index in [1.54, 1.807) is 11.0 Å². The number of aromatic amines is 2. The van der Waals surface area contributed by atoms with Crippen LogP contribution in [0.15, 0.2) is 35.3 Å². The third-order valence-electron chi connectivity index (χ3n) is 10.2. The van der Waals surface area contributed by atoms with E-state index in [1.165, 1.54) is 0 Å². The predicted molar refractivity (Wildman–Crippen MR) is 151 cm³/mol. The quantitative estimate of drug-likeness (QED) is 0.303. The summed E-state index contributed by atoms with van der Waals surface area (Å²) in [5.74, 6) is 1.16. The van der Waals surface area contributed by atoms with Crippen LogP contribution >= 0.6 is 0 Å². The number of aryl methyl sites for hydroxylation is 1. The number of nitrogens with two attached hydrogens (primary N) is 2. The van der Waals surface area contributed by atoms with Crippen molar-refractivity contribution in [1.82, 2.24) is 25.4 Å². The Morgan fingerprint density at radius 3 is 2.73 bits per heavy atom. The molecular formula is C30H38N8O3. The molecule has 11 heteroatoms. The number of nitriles is 1. The molecule has 0 radical (unpaired) electrons. The summed E-state index contributed by atoms with van der Waals surface area (Å²) in [7, 11) is 0. The van der Waals surface area contributed by atoms with Gasteiger partial charge in [0.1, 0.15) is 11.9 Å².